The molecular formula is C19H17N5O2. The van der Waals surface area contributed by atoms with Crippen LogP contribution >= 0.6 is 0 Å². The Morgan fingerprint density at radius 1 is 1.12 bits per heavy atom. The molecule has 1 heterocycles. The molecule has 0 radical (unpaired) electrons. The van der Waals surface area contributed by atoms with E-state index in [1.54, 1.807) is 24.3 Å². The van der Waals surface area contributed by atoms with Crippen molar-refractivity contribution >= 4 is 16.8 Å². The van der Waals surface area contributed by atoms with Crippen LogP contribution in [0, 0.1) is 11.3 Å². The number of amides is 1. The van der Waals surface area contributed by atoms with Crippen LogP contribution in [-0.4, -0.2) is 32.3 Å². The van der Waals surface area contributed by atoms with Crippen molar-refractivity contribution in [3.63, 3.8) is 0 Å². The lowest BCUT2D eigenvalue weighted by Crippen LogP contribution is -2.33. The number of aromatic nitrogens is 3. The van der Waals surface area contributed by atoms with Gasteiger partial charge in [0.15, 0.2) is 0 Å². The second-order valence-electron chi connectivity index (χ2n) is 5.78. The number of hydrogen-bond acceptors (Lipinski definition) is 5. The van der Waals surface area contributed by atoms with Crippen LogP contribution in [0.15, 0.2) is 59.4 Å². The predicted octanol–water partition coefficient (Wildman–Crippen LogP) is 1.73. The zero-order valence-corrected chi connectivity index (χ0v) is 14.1. The highest BCUT2D eigenvalue weighted by Gasteiger charge is 2.15. The largest absolute Gasteiger partial charge is 0.325 e. The summed E-state index contributed by atoms with van der Waals surface area (Å²) in [4.78, 5) is 26.4. The third-order valence-electron chi connectivity index (χ3n) is 4.00. The number of benzene rings is 2. The Kier molecular flexibility index (Phi) is 5.34. The van der Waals surface area contributed by atoms with E-state index in [9.17, 15) is 9.59 Å². The number of hydrogen-bond donors (Lipinski definition) is 0. The highest BCUT2D eigenvalue weighted by atomic mass is 16.2. The summed E-state index contributed by atoms with van der Waals surface area (Å²) in [6, 6.07) is 18.4. The molecule has 0 saturated carbocycles. The van der Waals surface area contributed by atoms with Gasteiger partial charge in [-0.25, -0.2) is 4.68 Å². The summed E-state index contributed by atoms with van der Waals surface area (Å²) in [7, 11) is 0. The van der Waals surface area contributed by atoms with Crippen LogP contribution in [-0.2, 0) is 17.9 Å². The maximum atomic E-state index is 12.5. The predicted molar refractivity (Wildman–Crippen MR) is 95.9 cm³/mol. The monoisotopic (exact) mass is 347 g/mol. The van der Waals surface area contributed by atoms with Gasteiger partial charge in [0.05, 0.1) is 18.0 Å². The summed E-state index contributed by atoms with van der Waals surface area (Å²) in [5, 5.41) is 17.3. The Labute approximate surface area is 150 Å². The average molecular weight is 347 g/mol. The van der Waals surface area contributed by atoms with Crippen LogP contribution < -0.4 is 5.56 Å². The fourth-order valence-electron chi connectivity index (χ4n) is 2.65. The minimum atomic E-state index is -0.279. The van der Waals surface area contributed by atoms with Gasteiger partial charge in [-0.2, -0.15) is 5.26 Å². The molecule has 0 bridgehead atoms. The standard InChI is InChI=1S/C19H17N5O2/c20-11-13-23(14-15-6-2-1-3-7-15)18(25)10-12-24-19(26)16-8-4-5-9-17(16)21-22-24/h1-9H,10,12-14H2. The number of aryl methyl sites for hydroxylation is 1. The van der Waals surface area contributed by atoms with Crippen LogP contribution in [0.3, 0.4) is 0 Å². The van der Waals surface area contributed by atoms with Gasteiger partial charge < -0.3 is 4.90 Å². The lowest BCUT2D eigenvalue weighted by Gasteiger charge is -2.19. The van der Waals surface area contributed by atoms with Crippen molar-refractivity contribution in [3.8, 4) is 6.07 Å². The third kappa shape index (κ3) is 3.92. The maximum absolute atomic E-state index is 12.5. The molecule has 0 fully saturated rings. The smallest absolute Gasteiger partial charge is 0.277 e. The van der Waals surface area contributed by atoms with Crippen molar-refractivity contribution < 1.29 is 4.79 Å². The highest BCUT2D eigenvalue weighted by Crippen LogP contribution is 2.07. The summed E-state index contributed by atoms with van der Waals surface area (Å²) in [5.41, 5.74) is 1.19. The zero-order valence-electron chi connectivity index (χ0n) is 14.1. The number of nitriles is 1. The first-order chi connectivity index (χ1) is 12.7. The van der Waals surface area contributed by atoms with Gasteiger partial charge in [-0.15, -0.1) is 5.10 Å². The molecule has 0 atom stereocenters. The molecule has 0 spiro atoms. The van der Waals surface area contributed by atoms with Crippen LogP contribution in [0.25, 0.3) is 10.9 Å². The van der Waals surface area contributed by atoms with Crippen molar-refractivity contribution in [1.29, 1.82) is 5.26 Å². The van der Waals surface area contributed by atoms with Gasteiger partial charge >= 0.3 is 0 Å². The lowest BCUT2D eigenvalue weighted by molar-refractivity contribution is -0.131. The average Bonchev–Trinajstić information content (AvgIpc) is 2.68. The molecular weight excluding hydrogens is 330 g/mol. The van der Waals surface area contributed by atoms with E-state index < -0.39 is 0 Å². The third-order valence-corrected chi connectivity index (χ3v) is 4.00. The molecule has 0 aliphatic heterocycles. The van der Waals surface area contributed by atoms with E-state index in [0.717, 1.165) is 5.56 Å². The van der Waals surface area contributed by atoms with Gasteiger partial charge in [-0.1, -0.05) is 47.7 Å². The maximum Gasteiger partial charge on any atom is 0.277 e. The Balaban J connectivity index is 1.71. The first kappa shape index (κ1) is 17.3. The van der Waals surface area contributed by atoms with Gasteiger partial charge in [-0.3, -0.25) is 9.59 Å². The van der Waals surface area contributed by atoms with E-state index in [2.05, 4.69) is 10.3 Å². The summed E-state index contributed by atoms with van der Waals surface area (Å²) in [6.07, 6.45) is 0.0709. The molecule has 0 aliphatic carbocycles. The molecule has 0 aliphatic rings. The van der Waals surface area contributed by atoms with E-state index >= 15 is 0 Å². The quantitative estimate of drug-likeness (QED) is 0.633. The molecule has 7 nitrogen and oxygen atoms in total. The van der Waals surface area contributed by atoms with Crippen molar-refractivity contribution in [2.75, 3.05) is 6.54 Å². The van der Waals surface area contributed by atoms with E-state index in [-0.39, 0.29) is 31.0 Å². The molecule has 1 aromatic heterocycles. The minimum absolute atomic E-state index is 0.00791. The van der Waals surface area contributed by atoms with Crippen molar-refractivity contribution in [3.05, 3.63) is 70.5 Å². The van der Waals surface area contributed by atoms with Gasteiger partial charge in [0.2, 0.25) is 5.91 Å². The summed E-state index contributed by atoms with van der Waals surface area (Å²) < 4.78 is 1.19. The van der Waals surface area contributed by atoms with E-state index in [1.165, 1.54) is 9.58 Å². The fourth-order valence-corrected chi connectivity index (χ4v) is 2.65. The van der Waals surface area contributed by atoms with Crippen LogP contribution in [0.1, 0.15) is 12.0 Å². The Hall–Kier alpha value is -3.53. The van der Waals surface area contributed by atoms with E-state index in [1.807, 2.05) is 36.4 Å². The molecule has 7 heteroatoms. The lowest BCUT2D eigenvalue weighted by atomic mass is 10.2. The van der Waals surface area contributed by atoms with Crippen LogP contribution in [0.5, 0.6) is 0 Å². The molecule has 3 aromatic rings. The molecule has 0 N–H and O–H groups in total. The molecule has 26 heavy (non-hydrogen) atoms. The highest BCUT2D eigenvalue weighted by molar-refractivity contribution is 5.77. The summed E-state index contributed by atoms with van der Waals surface area (Å²) >= 11 is 0. The molecule has 0 saturated heterocycles. The summed E-state index contributed by atoms with van der Waals surface area (Å²) in [5.74, 6) is -0.211. The zero-order chi connectivity index (χ0) is 18.4. The van der Waals surface area contributed by atoms with Gasteiger partial charge in [0, 0.05) is 13.0 Å². The normalized spacial score (nSPS) is 10.4. The Morgan fingerprint density at radius 2 is 1.85 bits per heavy atom. The van der Waals surface area contributed by atoms with Crippen LogP contribution in [0.4, 0.5) is 0 Å². The number of fused-ring (bicyclic) bond motifs is 1. The fraction of sp³-hybridized carbons (Fsp3) is 0.211. The van der Waals surface area contributed by atoms with E-state index in [0.29, 0.717) is 17.4 Å². The first-order valence-corrected chi connectivity index (χ1v) is 8.20. The second-order valence-corrected chi connectivity index (χ2v) is 5.78. The Bertz CT molecular complexity index is 1010. The van der Waals surface area contributed by atoms with Gasteiger partial charge in [0.25, 0.3) is 5.56 Å². The summed E-state index contributed by atoms with van der Waals surface area (Å²) in [6.45, 7) is 0.462. The van der Waals surface area contributed by atoms with Crippen LogP contribution in [0.2, 0.25) is 0 Å². The SMILES string of the molecule is N#CCN(Cc1ccccc1)C(=O)CCn1nnc2ccccc2c1=O. The van der Waals surface area contributed by atoms with Crippen molar-refractivity contribution in [2.45, 2.75) is 19.5 Å². The number of carbonyl (C=O) groups excluding carboxylic acids is 1. The first-order valence-electron chi connectivity index (χ1n) is 8.20. The minimum Gasteiger partial charge on any atom is -0.325 e. The van der Waals surface area contributed by atoms with Gasteiger partial charge in [-0.05, 0) is 17.7 Å². The topological polar surface area (TPSA) is 91.9 Å². The number of carbonyl (C=O) groups is 1. The molecule has 0 unspecified atom stereocenters. The van der Waals surface area contributed by atoms with E-state index in [4.69, 9.17) is 5.26 Å². The number of rotatable bonds is 6. The van der Waals surface area contributed by atoms with Crippen molar-refractivity contribution in [2.24, 2.45) is 0 Å². The molecule has 1 amide bonds. The van der Waals surface area contributed by atoms with Gasteiger partial charge in [0.1, 0.15) is 12.1 Å². The second kappa shape index (κ2) is 8.03. The molecule has 130 valence electrons. The Morgan fingerprint density at radius 3 is 2.62 bits per heavy atom. The number of nitrogens with zero attached hydrogens (tertiary/aromatic N) is 5. The molecule has 2 aromatic carbocycles. The van der Waals surface area contributed by atoms with Crippen molar-refractivity contribution in [1.82, 2.24) is 19.9 Å². The molecule has 3 rings (SSSR count).